The number of oxazole rings is 1. The minimum atomic E-state index is -2.99. The Balaban J connectivity index is 1.78. The molecule has 3 rings (SSSR count). The maximum atomic E-state index is 12.4. The monoisotopic (exact) mass is 338 g/mol. The van der Waals surface area contributed by atoms with Gasteiger partial charge in [0.05, 0.1) is 18.6 Å². The highest BCUT2D eigenvalue weighted by molar-refractivity contribution is 7.91. The Bertz CT molecular complexity index is 842. The van der Waals surface area contributed by atoms with Gasteiger partial charge in [-0.25, -0.2) is 13.4 Å². The highest BCUT2D eigenvalue weighted by Gasteiger charge is 2.35. The third-order valence-electron chi connectivity index (χ3n) is 4.13. The third kappa shape index (κ3) is 3.31. The standard InChI is InChI=1S/C15H18N2O5S/c1-15(5-7-23(19,20)8-6-15)17-13(18)14-16-11-9-10(21-2)3-4-12(11)22-14/h3-4,9H,5-8H2,1-2H3,(H,17,18). The van der Waals surface area contributed by atoms with Crippen molar-refractivity contribution in [2.24, 2.45) is 0 Å². The zero-order valence-corrected chi connectivity index (χ0v) is 13.8. The van der Waals surface area contributed by atoms with Gasteiger partial charge in [0.15, 0.2) is 5.58 Å². The summed E-state index contributed by atoms with van der Waals surface area (Å²) in [6, 6.07) is 5.10. The summed E-state index contributed by atoms with van der Waals surface area (Å²) in [5, 5.41) is 2.85. The molecule has 7 nitrogen and oxygen atoms in total. The second-order valence-corrected chi connectivity index (χ2v) is 8.32. The Morgan fingerprint density at radius 2 is 2.04 bits per heavy atom. The van der Waals surface area contributed by atoms with Gasteiger partial charge in [0, 0.05) is 11.6 Å². The topological polar surface area (TPSA) is 98.5 Å². The number of methoxy groups -OCH3 is 1. The van der Waals surface area contributed by atoms with Crippen LogP contribution in [0.2, 0.25) is 0 Å². The molecule has 0 saturated carbocycles. The second-order valence-electron chi connectivity index (χ2n) is 6.02. The second kappa shape index (κ2) is 5.52. The molecule has 1 saturated heterocycles. The first-order valence-corrected chi connectivity index (χ1v) is 9.10. The van der Waals surface area contributed by atoms with E-state index in [1.807, 2.05) is 6.92 Å². The van der Waals surface area contributed by atoms with Crippen molar-refractivity contribution in [1.29, 1.82) is 0 Å². The van der Waals surface area contributed by atoms with Crippen molar-refractivity contribution in [2.45, 2.75) is 25.3 Å². The molecule has 0 bridgehead atoms. The Kier molecular flexibility index (Phi) is 3.79. The van der Waals surface area contributed by atoms with E-state index in [9.17, 15) is 13.2 Å². The number of hydrogen-bond donors (Lipinski definition) is 1. The molecule has 2 heterocycles. The van der Waals surface area contributed by atoms with Crippen LogP contribution in [0.5, 0.6) is 5.75 Å². The fraction of sp³-hybridized carbons (Fsp3) is 0.467. The smallest absolute Gasteiger partial charge is 0.307 e. The minimum Gasteiger partial charge on any atom is -0.497 e. The molecule has 1 aromatic heterocycles. The molecular formula is C15H18N2O5S. The molecule has 23 heavy (non-hydrogen) atoms. The van der Waals surface area contributed by atoms with Gasteiger partial charge in [0.25, 0.3) is 5.89 Å². The van der Waals surface area contributed by atoms with Gasteiger partial charge in [-0.05, 0) is 31.9 Å². The number of carbonyl (C=O) groups is 1. The van der Waals surface area contributed by atoms with E-state index in [2.05, 4.69) is 10.3 Å². The van der Waals surface area contributed by atoms with E-state index in [-0.39, 0.29) is 17.4 Å². The van der Waals surface area contributed by atoms with E-state index in [0.717, 1.165) is 0 Å². The van der Waals surface area contributed by atoms with Gasteiger partial charge in [-0.15, -0.1) is 0 Å². The molecule has 0 aliphatic carbocycles. The summed E-state index contributed by atoms with van der Waals surface area (Å²) < 4.78 is 33.6. The molecule has 1 N–H and O–H groups in total. The zero-order chi connectivity index (χ0) is 16.7. The number of rotatable bonds is 3. The highest BCUT2D eigenvalue weighted by Crippen LogP contribution is 2.25. The van der Waals surface area contributed by atoms with E-state index in [4.69, 9.17) is 9.15 Å². The molecule has 1 aliphatic heterocycles. The fourth-order valence-electron chi connectivity index (χ4n) is 2.57. The van der Waals surface area contributed by atoms with Crippen molar-refractivity contribution >= 4 is 26.8 Å². The van der Waals surface area contributed by atoms with E-state index in [1.54, 1.807) is 25.3 Å². The number of carbonyl (C=O) groups excluding carboxylic acids is 1. The molecule has 124 valence electrons. The number of sulfone groups is 1. The Labute approximate surface area is 133 Å². The molecule has 2 aromatic rings. The molecule has 0 unspecified atom stereocenters. The first-order chi connectivity index (χ1) is 10.8. The normalized spacial score (nSPS) is 19.4. The van der Waals surface area contributed by atoms with Crippen LogP contribution < -0.4 is 10.1 Å². The van der Waals surface area contributed by atoms with Crippen molar-refractivity contribution in [1.82, 2.24) is 10.3 Å². The number of fused-ring (bicyclic) bond motifs is 1. The van der Waals surface area contributed by atoms with E-state index in [1.165, 1.54) is 0 Å². The van der Waals surface area contributed by atoms with Crippen LogP contribution in [0.4, 0.5) is 0 Å². The lowest BCUT2D eigenvalue weighted by Crippen LogP contribution is -2.51. The van der Waals surface area contributed by atoms with Gasteiger partial charge < -0.3 is 14.5 Å². The van der Waals surface area contributed by atoms with Crippen LogP contribution in [0.25, 0.3) is 11.1 Å². The lowest BCUT2D eigenvalue weighted by atomic mass is 9.95. The number of nitrogens with zero attached hydrogens (tertiary/aromatic N) is 1. The van der Waals surface area contributed by atoms with Gasteiger partial charge in [-0.1, -0.05) is 0 Å². The van der Waals surface area contributed by atoms with Gasteiger partial charge in [-0.3, -0.25) is 4.79 Å². The molecule has 0 radical (unpaired) electrons. The van der Waals surface area contributed by atoms with Crippen molar-refractivity contribution in [3.63, 3.8) is 0 Å². The number of hydrogen-bond acceptors (Lipinski definition) is 6. The number of amides is 1. The van der Waals surface area contributed by atoms with Crippen molar-refractivity contribution in [3.05, 3.63) is 24.1 Å². The average Bonchev–Trinajstić information content (AvgIpc) is 2.94. The van der Waals surface area contributed by atoms with E-state index < -0.39 is 21.3 Å². The summed E-state index contributed by atoms with van der Waals surface area (Å²) in [6.45, 7) is 1.84. The molecule has 1 amide bonds. The predicted molar refractivity (Wildman–Crippen MR) is 84.3 cm³/mol. The lowest BCUT2D eigenvalue weighted by molar-refractivity contribution is 0.0866. The quantitative estimate of drug-likeness (QED) is 0.911. The van der Waals surface area contributed by atoms with Crippen molar-refractivity contribution < 1.29 is 22.4 Å². The first-order valence-electron chi connectivity index (χ1n) is 7.28. The summed E-state index contributed by atoms with van der Waals surface area (Å²) in [4.78, 5) is 16.5. The van der Waals surface area contributed by atoms with Gasteiger partial charge in [0.1, 0.15) is 21.1 Å². The number of nitrogens with one attached hydrogen (secondary N) is 1. The van der Waals surface area contributed by atoms with Crippen LogP contribution >= 0.6 is 0 Å². The van der Waals surface area contributed by atoms with Crippen LogP contribution in [0.15, 0.2) is 22.6 Å². The minimum absolute atomic E-state index is 0.0390. The van der Waals surface area contributed by atoms with Crippen LogP contribution in [0, 0.1) is 0 Å². The Hall–Kier alpha value is -2.09. The lowest BCUT2D eigenvalue weighted by Gasteiger charge is -2.33. The molecule has 8 heteroatoms. The molecular weight excluding hydrogens is 320 g/mol. The zero-order valence-electron chi connectivity index (χ0n) is 13.0. The van der Waals surface area contributed by atoms with Gasteiger partial charge in [-0.2, -0.15) is 0 Å². The summed E-state index contributed by atoms with van der Waals surface area (Å²) in [7, 11) is -1.44. The number of aromatic nitrogens is 1. The molecule has 1 aliphatic rings. The van der Waals surface area contributed by atoms with Crippen LogP contribution in [0.3, 0.4) is 0 Å². The molecule has 0 atom stereocenters. The van der Waals surface area contributed by atoms with Crippen molar-refractivity contribution in [3.8, 4) is 5.75 Å². The first kappa shape index (κ1) is 15.8. The summed E-state index contributed by atoms with van der Waals surface area (Å²) >= 11 is 0. The molecule has 1 fully saturated rings. The number of benzene rings is 1. The third-order valence-corrected chi connectivity index (χ3v) is 5.79. The largest absolute Gasteiger partial charge is 0.497 e. The predicted octanol–water partition coefficient (Wildman–Crippen LogP) is 1.53. The Morgan fingerprint density at radius 3 is 2.70 bits per heavy atom. The molecule has 0 spiro atoms. The van der Waals surface area contributed by atoms with E-state index >= 15 is 0 Å². The molecule has 1 aromatic carbocycles. The maximum Gasteiger partial charge on any atom is 0.307 e. The van der Waals surface area contributed by atoms with Crippen LogP contribution in [-0.2, 0) is 9.84 Å². The number of ether oxygens (including phenoxy) is 1. The maximum absolute atomic E-state index is 12.4. The van der Waals surface area contributed by atoms with E-state index in [0.29, 0.717) is 29.7 Å². The summed E-state index contributed by atoms with van der Waals surface area (Å²) in [5.74, 6) is 0.301. The van der Waals surface area contributed by atoms with Crippen LogP contribution in [-0.4, -0.2) is 43.5 Å². The summed E-state index contributed by atoms with van der Waals surface area (Å²) in [6.07, 6.45) is 0.768. The fourth-order valence-corrected chi connectivity index (χ4v) is 4.30. The van der Waals surface area contributed by atoms with Gasteiger partial charge in [0.2, 0.25) is 0 Å². The average molecular weight is 338 g/mol. The van der Waals surface area contributed by atoms with Crippen LogP contribution in [0.1, 0.15) is 30.5 Å². The SMILES string of the molecule is COc1ccc2oc(C(=O)NC3(C)CCS(=O)(=O)CC3)nc2c1. The summed E-state index contributed by atoms with van der Waals surface area (Å²) in [5.41, 5.74) is 0.457. The van der Waals surface area contributed by atoms with Gasteiger partial charge >= 0.3 is 5.91 Å². The Morgan fingerprint density at radius 1 is 1.35 bits per heavy atom. The van der Waals surface area contributed by atoms with Crippen molar-refractivity contribution in [2.75, 3.05) is 18.6 Å². The highest BCUT2D eigenvalue weighted by atomic mass is 32.2.